The maximum atomic E-state index is 11.3. The molecular formula is C36H38O2. The predicted octanol–water partition coefficient (Wildman–Crippen LogP) is 9.51. The maximum absolute atomic E-state index is 11.3. The van der Waals surface area contributed by atoms with Crippen LogP contribution in [-0.2, 0) is 12.8 Å². The molecule has 194 valence electrons. The van der Waals surface area contributed by atoms with Gasteiger partial charge in [0.25, 0.3) is 0 Å². The SMILES string of the molecule is C[C@@]12CCC[C@H]1c1ccc3c(-c4c(O)ccc5c6c(ccc45)[C@@H]4CCC[C@@]4(C)CC6)c(O)ccc3c1CC2. The molecule has 0 aromatic heterocycles. The molecule has 0 spiro atoms. The minimum atomic E-state index is 0.253. The highest BCUT2D eigenvalue weighted by Crippen LogP contribution is 2.59. The number of benzene rings is 4. The average Bonchev–Trinajstić information content (AvgIpc) is 3.51. The van der Waals surface area contributed by atoms with Crippen molar-refractivity contribution in [1.29, 1.82) is 0 Å². The van der Waals surface area contributed by atoms with E-state index in [4.69, 9.17) is 0 Å². The van der Waals surface area contributed by atoms with Crippen molar-refractivity contribution in [3.05, 3.63) is 70.8 Å². The van der Waals surface area contributed by atoms with Gasteiger partial charge in [0.05, 0.1) is 0 Å². The van der Waals surface area contributed by atoms with Gasteiger partial charge < -0.3 is 10.2 Å². The summed E-state index contributed by atoms with van der Waals surface area (Å²) in [6.07, 6.45) is 12.6. The van der Waals surface area contributed by atoms with Gasteiger partial charge in [-0.1, -0.05) is 63.1 Å². The molecule has 0 amide bonds. The molecule has 2 nitrogen and oxygen atoms in total. The monoisotopic (exact) mass is 502 g/mol. The Morgan fingerprint density at radius 3 is 1.42 bits per heavy atom. The van der Waals surface area contributed by atoms with Gasteiger partial charge in [0.1, 0.15) is 11.5 Å². The summed E-state index contributed by atoms with van der Waals surface area (Å²) in [6.45, 7) is 4.98. The molecule has 2 N–H and O–H groups in total. The van der Waals surface area contributed by atoms with E-state index in [1.165, 1.54) is 84.4 Å². The second kappa shape index (κ2) is 7.78. The third-order valence-corrected chi connectivity index (χ3v) is 11.7. The van der Waals surface area contributed by atoms with Gasteiger partial charge in [0.15, 0.2) is 0 Å². The Kier molecular flexibility index (Phi) is 4.69. The second-order valence-electron chi connectivity index (χ2n) is 13.6. The number of phenols is 2. The highest BCUT2D eigenvalue weighted by atomic mass is 16.3. The zero-order valence-electron chi connectivity index (χ0n) is 22.7. The fraction of sp³-hybridized carbons (Fsp3) is 0.444. The maximum Gasteiger partial charge on any atom is 0.124 e. The minimum Gasteiger partial charge on any atom is -0.507 e. The average molecular weight is 503 g/mol. The van der Waals surface area contributed by atoms with Crippen LogP contribution in [0.3, 0.4) is 0 Å². The highest BCUT2D eigenvalue weighted by molar-refractivity contribution is 6.11. The summed E-state index contributed by atoms with van der Waals surface area (Å²) < 4.78 is 0. The first kappa shape index (κ1) is 22.9. The zero-order chi connectivity index (χ0) is 25.8. The van der Waals surface area contributed by atoms with Crippen molar-refractivity contribution in [2.45, 2.75) is 89.9 Å². The number of rotatable bonds is 1. The number of aromatic hydroxyl groups is 2. The minimum absolute atomic E-state index is 0.253. The normalized spacial score (nSPS) is 29.7. The molecule has 0 radical (unpaired) electrons. The van der Waals surface area contributed by atoms with E-state index in [0.29, 0.717) is 22.7 Å². The molecule has 8 rings (SSSR count). The summed E-state index contributed by atoms with van der Waals surface area (Å²) in [5.41, 5.74) is 8.42. The van der Waals surface area contributed by atoms with Crippen LogP contribution in [0.25, 0.3) is 32.7 Å². The van der Waals surface area contributed by atoms with Gasteiger partial charge in [-0.2, -0.15) is 0 Å². The van der Waals surface area contributed by atoms with Gasteiger partial charge in [0, 0.05) is 11.1 Å². The largest absolute Gasteiger partial charge is 0.507 e. The molecule has 4 aromatic rings. The van der Waals surface area contributed by atoms with Crippen LogP contribution in [0.5, 0.6) is 11.5 Å². The van der Waals surface area contributed by atoms with Crippen molar-refractivity contribution >= 4 is 21.5 Å². The van der Waals surface area contributed by atoms with Crippen LogP contribution < -0.4 is 0 Å². The van der Waals surface area contributed by atoms with Crippen LogP contribution in [0.4, 0.5) is 0 Å². The van der Waals surface area contributed by atoms with E-state index in [1.54, 1.807) is 0 Å². The molecule has 4 aromatic carbocycles. The quantitative estimate of drug-likeness (QED) is 0.272. The number of hydrogen-bond donors (Lipinski definition) is 2. The molecule has 4 aliphatic rings. The molecule has 2 fully saturated rings. The summed E-state index contributed by atoms with van der Waals surface area (Å²) in [4.78, 5) is 0. The summed E-state index contributed by atoms with van der Waals surface area (Å²) in [5.74, 6) is 1.80. The Balaban J connectivity index is 1.36. The Labute approximate surface area is 225 Å². The van der Waals surface area contributed by atoms with Crippen molar-refractivity contribution in [3.8, 4) is 22.6 Å². The van der Waals surface area contributed by atoms with Crippen molar-refractivity contribution < 1.29 is 10.2 Å². The number of hydrogen-bond acceptors (Lipinski definition) is 2. The van der Waals surface area contributed by atoms with E-state index >= 15 is 0 Å². The Hall–Kier alpha value is -3.00. The molecule has 4 atom stereocenters. The fourth-order valence-electron chi connectivity index (χ4n) is 9.63. The van der Waals surface area contributed by atoms with Gasteiger partial charge in [-0.25, -0.2) is 0 Å². The van der Waals surface area contributed by atoms with Gasteiger partial charge in [-0.3, -0.25) is 0 Å². The topological polar surface area (TPSA) is 40.5 Å². The lowest BCUT2D eigenvalue weighted by Crippen LogP contribution is -2.26. The molecule has 4 aliphatic carbocycles. The molecule has 0 bridgehead atoms. The highest BCUT2D eigenvalue weighted by Gasteiger charge is 2.44. The molecule has 0 saturated heterocycles. The Morgan fingerprint density at radius 1 is 0.553 bits per heavy atom. The summed E-state index contributed by atoms with van der Waals surface area (Å²) in [5, 5.41) is 27.3. The van der Waals surface area contributed by atoms with Gasteiger partial charge in [-0.05, 0) is 130 Å². The third kappa shape index (κ3) is 2.95. The van der Waals surface area contributed by atoms with Crippen LogP contribution in [0.1, 0.15) is 99.3 Å². The van der Waals surface area contributed by atoms with Crippen LogP contribution >= 0.6 is 0 Å². The van der Waals surface area contributed by atoms with Crippen LogP contribution in [-0.4, -0.2) is 10.2 Å². The lowest BCUT2D eigenvalue weighted by molar-refractivity contribution is 0.253. The molecule has 38 heavy (non-hydrogen) atoms. The first-order valence-electron chi connectivity index (χ1n) is 14.9. The summed E-state index contributed by atoms with van der Waals surface area (Å²) >= 11 is 0. The van der Waals surface area contributed by atoms with Crippen molar-refractivity contribution in [3.63, 3.8) is 0 Å². The van der Waals surface area contributed by atoms with Crippen LogP contribution in [0.15, 0.2) is 48.5 Å². The fourth-order valence-corrected chi connectivity index (χ4v) is 9.63. The summed E-state index contributed by atoms with van der Waals surface area (Å²) in [7, 11) is 0. The van der Waals surface area contributed by atoms with Crippen LogP contribution in [0, 0.1) is 10.8 Å². The third-order valence-electron chi connectivity index (χ3n) is 11.7. The lowest BCUT2D eigenvalue weighted by Gasteiger charge is -2.39. The molecule has 2 saturated carbocycles. The molecule has 2 heteroatoms. The molecule has 0 unspecified atom stereocenters. The van der Waals surface area contributed by atoms with E-state index in [0.717, 1.165) is 34.7 Å². The zero-order valence-corrected chi connectivity index (χ0v) is 22.7. The number of phenolic OH excluding ortho intramolecular Hbond substituents is 2. The van der Waals surface area contributed by atoms with Crippen LogP contribution in [0.2, 0.25) is 0 Å². The van der Waals surface area contributed by atoms with E-state index in [2.05, 4.69) is 50.2 Å². The number of aryl methyl sites for hydroxylation is 2. The smallest absolute Gasteiger partial charge is 0.124 e. The lowest BCUT2D eigenvalue weighted by atomic mass is 9.66. The second-order valence-corrected chi connectivity index (χ2v) is 13.6. The van der Waals surface area contributed by atoms with Crippen molar-refractivity contribution in [2.24, 2.45) is 10.8 Å². The van der Waals surface area contributed by atoms with E-state index in [1.807, 2.05) is 12.1 Å². The van der Waals surface area contributed by atoms with Crippen molar-refractivity contribution in [2.75, 3.05) is 0 Å². The van der Waals surface area contributed by atoms with E-state index in [-0.39, 0.29) is 11.5 Å². The van der Waals surface area contributed by atoms with E-state index < -0.39 is 0 Å². The Bertz CT molecular complexity index is 1520. The van der Waals surface area contributed by atoms with Gasteiger partial charge >= 0.3 is 0 Å². The predicted molar refractivity (Wildman–Crippen MR) is 156 cm³/mol. The summed E-state index contributed by atoms with van der Waals surface area (Å²) in [6, 6.07) is 17.1. The van der Waals surface area contributed by atoms with Crippen molar-refractivity contribution in [1.82, 2.24) is 0 Å². The first-order valence-corrected chi connectivity index (χ1v) is 14.9. The molecule has 0 aliphatic heterocycles. The molecule has 0 heterocycles. The number of fused-ring (bicyclic) bond motifs is 10. The standard InChI is InChI=1S/C36H38O2/c1-35-17-3-5-29(35)25-7-9-27-21(23(25)15-19-35)11-13-31(37)33(27)34-28-10-8-26-24(22(28)12-14-32(34)38)16-20-36(2)18-4-6-30(26)36/h7-14,29-30,37-38H,3-6,15-20H2,1-2H3/t29-,30-,35-,36-/m0/s1. The first-order chi connectivity index (χ1) is 18.4. The van der Waals surface area contributed by atoms with Gasteiger partial charge in [0.2, 0.25) is 0 Å². The molecular weight excluding hydrogens is 464 g/mol. The van der Waals surface area contributed by atoms with Gasteiger partial charge in [-0.15, -0.1) is 0 Å². The van der Waals surface area contributed by atoms with E-state index in [9.17, 15) is 10.2 Å². The Morgan fingerprint density at radius 2 is 0.974 bits per heavy atom.